The van der Waals surface area contributed by atoms with E-state index in [1.807, 2.05) is 0 Å². The Labute approximate surface area is 177 Å². The first-order valence-corrected chi connectivity index (χ1v) is 10.2. The molecule has 5 atom stereocenters. The fourth-order valence-electron chi connectivity index (χ4n) is 3.94. The smallest absolute Gasteiger partial charge is 0.162 e. The molecule has 1 saturated carbocycles. The van der Waals surface area contributed by atoms with Crippen LogP contribution in [0.15, 0.2) is 30.3 Å². The first-order valence-electron chi connectivity index (χ1n) is 9.87. The van der Waals surface area contributed by atoms with Gasteiger partial charge in [0.25, 0.3) is 0 Å². The maximum atomic E-state index is 14.6. The largest absolute Gasteiger partial charge is 0.394 e. The van der Waals surface area contributed by atoms with E-state index in [4.69, 9.17) is 16.3 Å². The van der Waals surface area contributed by atoms with Gasteiger partial charge in [-0.25, -0.2) is 8.78 Å². The molecule has 30 heavy (non-hydrogen) atoms. The zero-order chi connectivity index (χ0) is 21.6. The summed E-state index contributed by atoms with van der Waals surface area (Å²) in [4.78, 5) is 0. The second kappa shape index (κ2) is 8.49. The van der Waals surface area contributed by atoms with Gasteiger partial charge in [-0.3, -0.25) is 0 Å². The van der Waals surface area contributed by atoms with Gasteiger partial charge in [-0.1, -0.05) is 35.9 Å². The molecule has 4 N–H and O–H groups in total. The van der Waals surface area contributed by atoms with E-state index >= 15 is 0 Å². The quantitative estimate of drug-likeness (QED) is 0.574. The average molecular weight is 441 g/mol. The third-order valence-corrected chi connectivity index (χ3v) is 6.25. The Morgan fingerprint density at radius 2 is 1.67 bits per heavy atom. The van der Waals surface area contributed by atoms with E-state index in [1.54, 1.807) is 30.3 Å². The molecule has 4 rings (SSSR count). The highest BCUT2D eigenvalue weighted by atomic mass is 35.5. The molecule has 2 aromatic carbocycles. The van der Waals surface area contributed by atoms with Crippen molar-refractivity contribution in [2.75, 3.05) is 6.61 Å². The lowest BCUT2D eigenvalue weighted by Gasteiger charge is -2.40. The van der Waals surface area contributed by atoms with Crippen molar-refractivity contribution in [2.24, 2.45) is 0 Å². The summed E-state index contributed by atoms with van der Waals surface area (Å²) >= 11 is 6.26. The zero-order valence-corrected chi connectivity index (χ0v) is 16.8. The number of ether oxygens (including phenoxy) is 1. The highest BCUT2D eigenvalue weighted by Crippen LogP contribution is 2.42. The fourth-order valence-corrected chi connectivity index (χ4v) is 4.12. The summed E-state index contributed by atoms with van der Waals surface area (Å²) in [5.74, 6) is -1.63. The van der Waals surface area contributed by atoms with E-state index in [9.17, 15) is 29.2 Å². The lowest BCUT2D eigenvalue weighted by molar-refractivity contribution is -0.231. The molecule has 1 saturated heterocycles. The summed E-state index contributed by atoms with van der Waals surface area (Å²) < 4.78 is 34.6. The van der Waals surface area contributed by atoms with Crippen molar-refractivity contribution in [3.05, 3.63) is 69.2 Å². The number of aliphatic hydroxyl groups is 4. The van der Waals surface area contributed by atoms with Crippen molar-refractivity contribution in [2.45, 2.75) is 55.7 Å². The van der Waals surface area contributed by atoms with Gasteiger partial charge in [-0.15, -0.1) is 0 Å². The molecule has 1 aliphatic heterocycles. The Morgan fingerprint density at radius 1 is 0.933 bits per heavy atom. The minimum absolute atomic E-state index is 0.0256. The maximum Gasteiger partial charge on any atom is 0.162 e. The molecule has 0 bridgehead atoms. The van der Waals surface area contributed by atoms with Crippen molar-refractivity contribution in [3.8, 4) is 0 Å². The van der Waals surface area contributed by atoms with Gasteiger partial charge in [0.2, 0.25) is 0 Å². The Morgan fingerprint density at radius 3 is 2.33 bits per heavy atom. The Hall–Kier alpha value is -1.61. The van der Waals surface area contributed by atoms with Crippen LogP contribution in [0.4, 0.5) is 8.78 Å². The minimum Gasteiger partial charge on any atom is -0.394 e. The van der Waals surface area contributed by atoms with Gasteiger partial charge < -0.3 is 25.2 Å². The van der Waals surface area contributed by atoms with Crippen LogP contribution in [-0.2, 0) is 11.2 Å². The van der Waals surface area contributed by atoms with Crippen molar-refractivity contribution in [3.63, 3.8) is 0 Å². The lowest BCUT2D eigenvalue weighted by Crippen LogP contribution is -2.55. The molecule has 0 radical (unpaired) electrons. The normalized spacial score (nSPS) is 29.2. The van der Waals surface area contributed by atoms with Crippen LogP contribution < -0.4 is 0 Å². The number of halogens is 3. The molecular formula is C22H23ClF2O5. The van der Waals surface area contributed by atoms with Crippen LogP contribution in [0, 0.1) is 11.6 Å². The summed E-state index contributed by atoms with van der Waals surface area (Å²) in [7, 11) is 0. The van der Waals surface area contributed by atoms with Gasteiger partial charge in [-0.05, 0) is 47.1 Å². The van der Waals surface area contributed by atoms with E-state index in [0.717, 1.165) is 12.8 Å². The standard InChI is InChI=1S/C22H23ClF2O5/c23-15-6-4-12(22-21(29)20(28)19(27)16(9-26)30-22)8-13(15)7-11-3-5-14(10-1-2-10)18(25)17(11)24/h3-6,8,10,16,19-22,26-29H,1-2,7,9H2/t16-,19-,20?,21-,22+/m1/s1. The van der Waals surface area contributed by atoms with Crippen LogP contribution in [0.3, 0.4) is 0 Å². The molecule has 0 amide bonds. The van der Waals surface area contributed by atoms with Gasteiger partial charge in [0.1, 0.15) is 30.5 Å². The lowest BCUT2D eigenvalue weighted by atomic mass is 9.90. The summed E-state index contributed by atoms with van der Waals surface area (Å²) in [5.41, 5.74) is 1.48. The Balaban J connectivity index is 1.62. The molecular weight excluding hydrogens is 418 g/mol. The number of benzene rings is 2. The van der Waals surface area contributed by atoms with Crippen molar-refractivity contribution < 1.29 is 33.9 Å². The summed E-state index contributed by atoms with van der Waals surface area (Å²) in [6.45, 7) is -0.542. The van der Waals surface area contributed by atoms with Crippen LogP contribution in [-0.4, -0.2) is 51.4 Å². The number of hydrogen-bond donors (Lipinski definition) is 4. The van der Waals surface area contributed by atoms with Gasteiger partial charge >= 0.3 is 0 Å². The van der Waals surface area contributed by atoms with Gasteiger partial charge in [0.05, 0.1) is 6.61 Å². The first kappa shape index (κ1) is 21.6. The maximum absolute atomic E-state index is 14.6. The van der Waals surface area contributed by atoms with E-state index in [-0.39, 0.29) is 17.9 Å². The highest BCUT2D eigenvalue weighted by Gasteiger charge is 2.44. The van der Waals surface area contributed by atoms with Gasteiger partial charge in [0, 0.05) is 11.4 Å². The van der Waals surface area contributed by atoms with Crippen LogP contribution in [0.25, 0.3) is 0 Å². The molecule has 1 heterocycles. The summed E-state index contributed by atoms with van der Waals surface area (Å²) in [6.07, 6.45) is -4.74. The molecule has 162 valence electrons. The van der Waals surface area contributed by atoms with E-state index < -0.39 is 48.8 Å². The third-order valence-electron chi connectivity index (χ3n) is 5.88. The molecule has 0 spiro atoms. The molecule has 8 heteroatoms. The molecule has 1 aliphatic carbocycles. The SMILES string of the molecule is OC[C@H]1O[C@@H](c2ccc(Cl)c(Cc3ccc(C4CC4)c(F)c3F)c2)[C@H](O)C(O)[C@@H]1O. The van der Waals surface area contributed by atoms with Crippen molar-refractivity contribution in [1.82, 2.24) is 0 Å². The monoisotopic (exact) mass is 440 g/mol. The summed E-state index contributed by atoms with van der Waals surface area (Å²) in [6, 6.07) is 7.87. The highest BCUT2D eigenvalue weighted by molar-refractivity contribution is 6.31. The molecule has 5 nitrogen and oxygen atoms in total. The average Bonchev–Trinajstić information content (AvgIpc) is 3.57. The predicted molar refractivity (Wildman–Crippen MR) is 105 cm³/mol. The molecule has 2 aliphatic rings. The van der Waals surface area contributed by atoms with E-state index in [1.165, 1.54) is 0 Å². The Kier molecular flexibility index (Phi) is 6.12. The topological polar surface area (TPSA) is 90.2 Å². The zero-order valence-electron chi connectivity index (χ0n) is 16.0. The third kappa shape index (κ3) is 3.98. The molecule has 1 unspecified atom stereocenters. The second-order valence-electron chi connectivity index (χ2n) is 7.99. The second-order valence-corrected chi connectivity index (χ2v) is 8.40. The Bertz CT molecular complexity index is 934. The number of hydrogen-bond acceptors (Lipinski definition) is 5. The van der Waals surface area contributed by atoms with Crippen LogP contribution in [0.1, 0.15) is 47.1 Å². The summed E-state index contributed by atoms with van der Waals surface area (Å²) in [5, 5.41) is 40.0. The first-order chi connectivity index (χ1) is 14.3. The number of aliphatic hydroxyl groups excluding tert-OH is 4. The molecule has 0 aromatic heterocycles. The van der Waals surface area contributed by atoms with Gasteiger partial charge in [0.15, 0.2) is 11.6 Å². The molecule has 2 fully saturated rings. The molecule has 2 aromatic rings. The minimum atomic E-state index is -1.51. The van der Waals surface area contributed by atoms with Gasteiger partial charge in [-0.2, -0.15) is 0 Å². The van der Waals surface area contributed by atoms with Crippen LogP contribution in [0.5, 0.6) is 0 Å². The van der Waals surface area contributed by atoms with Crippen LogP contribution in [0.2, 0.25) is 5.02 Å². The van der Waals surface area contributed by atoms with Crippen molar-refractivity contribution in [1.29, 1.82) is 0 Å². The predicted octanol–water partition coefficient (Wildman–Crippen LogP) is 2.60. The van der Waals surface area contributed by atoms with Crippen molar-refractivity contribution >= 4 is 11.6 Å². The fraction of sp³-hybridized carbons (Fsp3) is 0.455. The van der Waals surface area contributed by atoms with E-state index in [2.05, 4.69) is 0 Å². The van der Waals surface area contributed by atoms with E-state index in [0.29, 0.717) is 21.7 Å². The number of rotatable bonds is 5. The van der Waals surface area contributed by atoms with Crippen LogP contribution >= 0.6 is 11.6 Å².